The maximum atomic E-state index is 11.1. The summed E-state index contributed by atoms with van der Waals surface area (Å²) in [5.74, 6) is -0.707. The van der Waals surface area contributed by atoms with Crippen molar-refractivity contribution in [1.29, 1.82) is 0 Å². The summed E-state index contributed by atoms with van der Waals surface area (Å²) < 4.78 is 5.08. The summed E-state index contributed by atoms with van der Waals surface area (Å²) in [7, 11) is 1.46. The third-order valence-electron chi connectivity index (χ3n) is 3.66. The lowest BCUT2D eigenvalue weighted by molar-refractivity contribution is -0.385. The third-order valence-corrected chi connectivity index (χ3v) is 3.66. The van der Waals surface area contributed by atoms with E-state index in [0.29, 0.717) is 25.3 Å². The number of aliphatic carboxylic acids is 1. The number of nitrogens with zero attached hydrogens (tertiary/aromatic N) is 2. The summed E-state index contributed by atoms with van der Waals surface area (Å²) in [5.41, 5.74) is 0.739. The Bertz CT molecular complexity index is 546. The van der Waals surface area contributed by atoms with Crippen LogP contribution in [0.4, 0.5) is 5.69 Å². The van der Waals surface area contributed by atoms with Gasteiger partial charge in [-0.3, -0.25) is 19.8 Å². The highest BCUT2D eigenvalue weighted by molar-refractivity contribution is 5.70. The number of piperidine rings is 1. The van der Waals surface area contributed by atoms with Gasteiger partial charge >= 0.3 is 5.97 Å². The van der Waals surface area contributed by atoms with E-state index in [1.165, 1.54) is 19.2 Å². The SMILES string of the molecule is COc1cc(CN2CCCC(C(=O)O)C2)cc([N+](=O)[O-])c1. The van der Waals surface area contributed by atoms with Crippen LogP contribution in [0.25, 0.3) is 0 Å². The zero-order valence-electron chi connectivity index (χ0n) is 11.8. The summed E-state index contributed by atoms with van der Waals surface area (Å²) in [6.07, 6.45) is 1.51. The van der Waals surface area contributed by atoms with Gasteiger partial charge in [-0.1, -0.05) is 0 Å². The van der Waals surface area contributed by atoms with Gasteiger partial charge in [0.25, 0.3) is 5.69 Å². The first-order chi connectivity index (χ1) is 9.99. The Morgan fingerprint density at radius 1 is 1.52 bits per heavy atom. The lowest BCUT2D eigenvalue weighted by atomic mass is 9.98. The van der Waals surface area contributed by atoms with Crippen LogP contribution in [0.1, 0.15) is 18.4 Å². The molecule has 0 spiro atoms. The van der Waals surface area contributed by atoms with Crippen molar-refractivity contribution in [3.8, 4) is 5.75 Å². The first kappa shape index (κ1) is 15.2. The second-order valence-electron chi connectivity index (χ2n) is 5.21. The predicted octanol–water partition coefficient (Wildman–Crippen LogP) is 1.90. The Balaban J connectivity index is 2.13. The number of nitro benzene ring substituents is 1. The second kappa shape index (κ2) is 6.53. The number of methoxy groups -OCH3 is 1. The molecule has 21 heavy (non-hydrogen) atoms. The Morgan fingerprint density at radius 2 is 2.29 bits per heavy atom. The number of non-ortho nitro benzene ring substituents is 1. The van der Waals surface area contributed by atoms with Crippen LogP contribution in [0.2, 0.25) is 0 Å². The minimum absolute atomic E-state index is 0.0175. The standard InChI is InChI=1S/C14H18N2O5/c1-21-13-6-10(5-12(7-13)16(19)20)8-15-4-2-3-11(9-15)14(17)18/h5-7,11H,2-4,8-9H2,1H3,(H,17,18). The van der Waals surface area contributed by atoms with Gasteiger partial charge in [-0.05, 0) is 31.0 Å². The number of carboxylic acid groups (broad SMARTS) is 1. The van der Waals surface area contributed by atoms with Crippen LogP contribution in [0.3, 0.4) is 0 Å². The van der Waals surface area contributed by atoms with Gasteiger partial charge in [0.2, 0.25) is 0 Å². The molecule has 114 valence electrons. The molecule has 0 bridgehead atoms. The average Bonchev–Trinajstić information content (AvgIpc) is 2.47. The van der Waals surface area contributed by atoms with Crippen LogP contribution in [0, 0.1) is 16.0 Å². The zero-order chi connectivity index (χ0) is 15.4. The monoisotopic (exact) mass is 294 g/mol. The molecular formula is C14H18N2O5. The van der Waals surface area contributed by atoms with Crippen molar-refractivity contribution in [2.45, 2.75) is 19.4 Å². The molecule has 0 amide bonds. The molecule has 1 heterocycles. The minimum atomic E-state index is -0.781. The highest BCUT2D eigenvalue weighted by Crippen LogP contribution is 2.25. The van der Waals surface area contributed by atoms with Crippen LogP contribution in [0.15, 0.2) is 18.2 Å². The van der Waals surface area contributed by atoms with Gasteiger partial charge < -0.3 is 9.84 Å². The summed E-state index contributed by atoms with van der Waals surface area (Å²) in [5, 5.41) is 20.0. The molecule has 1 aliphatic rings. The van der Waals surface area contributed by atoms with Crippen molar-refractivity contribution in [3.05, 3.63) is 33.9 Å². The van der Waals surface area contributed by atoms with Crippen molar-refractivity contribution in [3.63, 3.8) is 0 Å². The van der Waals surface area contributed by atoms with Gasteiger partial charge in [0.05, 0.1) is 24.0 Å². The van der Waals surface area contributed by atoms with Crippen LogP contribution in [-0.2, 0) is 11.3 Å². The summed E-state index contributed by atoms with van der Waals surface area (Å²) in [6, 6.07) is 4.63. The number of carbonyl (C=O) groups is 1. The molecule has 1 aromatic rings. The molecule has 1 saturated heterocycles. The van der Waals surface area contributed by atoms with E-state index < -0.39 is 10.9 Å². The largest absolute Gasteiger partial charge is 0.496 e. The van der Waals surface area contributed by atoms with Gasteiger partial charge in [-0.2, -0.15) is 0 Å². The molecule has 1 N–H and O–H groups in total. The lowest BCUT2D eigenvalue weighted by Gasteiger charge is -2.30. The molecular weight excluding hydrogens is 276 g/mol. The lowest BCUT2D eigenvalue weighted by Crippen LogP contribution is -2.38. The van der Waals surface area contributed by atoms with Crippen molar-refractivity contribution < 1.29 is 19.6 Å². The number of rotatable bonds is 5. The number of hydrogen-bond donors (Lipinski definition) is 1. The number of hydrogen-bond acceptors (Lipinski definition) is 5. The number of benzene rings is 1. The predicted molar refractivity (Wildman–Crippen MR) is 75.3 cm³/mol. The summed E-state index contributed by atoms with van der Waals surface area (Å²) in [6.45, 7) is 1.76. The smallest absolute Gasteiger partial charge is 0.307 e. The fourth-order valence-corrected chi connectivity index (χ4v) is 2.62. The molecule has 0 radical (unpaired) electrons. The topological polar surface area (TPSA) is 92.9 Å². The Kier molecular flexibility index (Phi) is 4.74. The van der Waals surface area contributed by atoms with E-state index >= 15 is 0 Å². The molecule has 1 atom stereocenters. The van der Waals surface area contributed by atoms with E-state index in [9.17, 15) is 14.9 Å². The van der Waals surface area contributed by atoms with Crippen LogP contribution >= 0.6 is 0 Å². The molecule has 0 aromatic heterocycles. The van der Waals surface area contributed by atoms with E-state index in [-0.39, 0.29) is 11.6 Å². The van der Waals surface area contributed by atoms with Crippen LogP contribution in [-0.4, -0.2) is 41.1 Å². The average molecular weight is 294 g/mol. The maximum Gasteiger partial charge on any atom is 0.307 e. The highest BCUT2D eigenvalue weighted by atomic mass is 16.6. The van der Waals surface area contributed by atoms with E-state index in [1.807, 2.05) is 4.90 Å². The van der Waals surface area contributed by atoms with Crippen molar-refractivity contribution >= 4 is 11.7 Å². The fourth-order valence-electron chi connectivity index (χ4n) is 2.62. The van der Waals surface area contributed by atoms with E-state index in [2.05, 4.69) is 0 Å². The summed E-state index contributed by atoms with van der Waals surface area (Å²) in [4.78, 5) is 23.5. The second-order valence-corrected chi connectivity index (χ2v) is 5.21. The molecule has 1 aromatic carbocycles. The van der Waals surface area contributed by atoms with E-state index in [1.54, 1.807) is 6.07 Å². The number of likely N-dealkylation sites (tertiary alicyclic amines) is 1. The van der Waals surface area contributed by atoms with Crippen LogP contribution < -0.4 is 4.74 Å². The van der Waals surface area contributed by atoms with Crippen molar-refractivity contribution in [2.24, 2.45) is 5.92 Å². The molecule has 2 rings (SSSR count). The minimum Gasteiger partial charge on any atom is -0.496 e. The number of ether oxygens (including phenoxy) is 1. The Morgan fingerprint density at radius 3 is 2.90 bits per heavy atom. The normalized spacial score (nSPS) is 19.2. The van der Waals surface area contributed by atoms with E-state index in [4.69, 9.17) is 9.84 Å². The van der Waals surface area contributed by atoms with Gasteiger partial charge in [0.15, 0.2) is 0 Å². The molecule has 0 saturated carbocycles. The fraction of sp³-hybridized carbons (Fsp3) is 0.500. The molecule has 7 nitrogen and oxygen atoms in total. The number of nitro groups is 1. The molecule has 0 aliphatic carbocycles. The summed E-state index contributed by atoms with van der Waals surface area (Å²) >= 11 is 0. The van der Waals surface area contributed by atoms with Gasteiger partial charge in [0, 0.05) is 19.2 Å². The van der Waals surface area contributed by atoms with Crippen molar-refractivity contribution in [2.75, 3.05) is 20.2 Å². The van der Waals surface area contributed by atoms with Crippen molar-refractivity contribution in [1.82, 2.24) is 4.90 Å². The quantitative estimate of drug-likeness (QED) is 0.658. The van der Waals surface area contributed by atoms with E-state index in [0.717, 1.165) is 18.5 Å². The zero-order valence-corrected chi connectivity index (χ0v) is 11.8. The van der Waals surface area contributed by atoms with Crippen LogP contribution in [0.5, 0.6) is 5.75 Å². The first-order valence-corrected chi connectivity index (χ1v) is 6.77. The van der Waals surface area contributed by atoms with Gasteiger partial charge in [-0.25, -0.2) is 0 Å². The Hall–Kier alpha value is -2.15. The first-order valence-electron chi connectivity index (χ1n) is 6.77. The molecule has 1 aliphatic heterocycles. The van der Waals surface area contributed by atoms with Gasteiger partial charge in [-0.15, -0.1) is 0 Å². The maximum absolute atomic E-state index is 11.1. The molecule has 1 fully saturated rings. The Labute approximate surface area is 122 Å². The highest BCUT2D eigenvalue weighted by Gasteiger charge is 2.25. The number of carboxylic acids is 1. The van der Waals surface area contributed by atoms with Gasteiger partial charge in [0.1, 0.15) is 5.75 Å². The third kappa shape index (κ3) is 3.91. The molecule has 1 unspecified atom stereocenters. The molecule has 7 heteroatoms.